The molecule has 4 nitrogen and oxygen atoms in total. The maximum absolute atomic E-state index is 6.90. The van der Waals surface area contributed by atoms with Gasteiger partial charge in [0, 0.05) is 48.1 Å². The van der Waals surface area contributed by atoms with E-state index in [1.807, 2.05) is 11.3 Å². The van der Waals surface area contributed by atoms with E-state index in [1.54, 1.807) is 0 Å². The zero-order valence-electron chi connectivity index (χ0n) is 24.2. The quantitative estimate of drug-likeness (QED) is 0.162. The molecule has 11 aromatic rings. The van der Waals surface area contributed by atoms with Crippen LogP contribution in [0.5, 0.6) is 0 Å². The molecule has 0 saturated carbocycles. The van der Waals surface area contributed by atoms with Gasteiger partial charge in [-0.2, -0.15) is 0 Å². The van der Waals surface area contributed by atoms with Crippen LogP contribution >= 0.6 is 11.3 Å². The number of nitrogens with zero attached hydrogens (tertiary/aromatic N) is 2. The highest BCUT2D eigenvalue weighted by molar-refractivity contribution is 7.26. The van der Waals surface area contributed by atoms with Crippen LogP contribution in [0.2, 0.25) is 0 Å². The summed E-state index contributed by atoms with van der Waals surface area (Å²) in [4.78, 5) is 0. The normalized spacial score (nSPS) is 13.6. The average Bonchev–Trinajstić information content (AvgIpc) is 3.89. The van der Waals surface area contributed by atoms with Gasteiger partial charge in [0.15, 0.2) is 11.3 Å². The molecule has 6 heteroatoms. The van der Waals surface area contributed by atoms with Crippen molar-refractivity contribution in [3.05, 3.63) is 115 Å². The molecule has 210 valence electrons. The first-order chi connectivity index (χ1) is 22.8. The van der Waals surface area contributed by atoms with Crippen LogP contribution in [-0.4, -0.2) is 15.9 Å². The predicted octanol–water partition coefficient (Wildman–Crippen LogP) is 9.70. The lowest BCUT2D eigenvalue weighted by Crippen LogP contribution is -2.55. The SMILES string of the molecule is c1ccc2c(c1)oc1c3c4c(cc12)-c1cccc2c5c6ccccc6oc5n(c12)B4c1cccc2c4sc5ccccc5c4n-3c12. The standard InChI is InChI=1S/C40H19BN2O2S/c1-4-16-29-20(9-1)27-19-26-21-12-7-13-24-32-22-10-2-5-17-30(22)45-40(32)43(34(21)24)41-28-15-8-14-25-35(28)42(37(33(26)41)38(27)44-29)36-23-11-3-6-18-31(23)46-39(25)36/h1-19H. The molecular formula is C40H19BN2O2S. The number of fused-ring (bicyclic) bond motifs is 18. The second kappa shape index (κ2) is 7.39. The Labute approximate surface area is 264 Å². The van der Waals surface area contributed by atoms with Gasteiger partial charge < -0.3 is 17.9 Å². The van der Waals surface area contributed by atoms with Crippen LogP contribution in [0.4, 0.5) is 0 Å². The molecule has 6 aromatic carbocycles. The van der Waals surface area contributed by atoms with Gasteiger partial charge in [-0.3, -0.25) is 0 Å². The van der Waals surface area contributed by atoms with Gasteiger partial charge in [-0.1, -0.05) is 91.0 Å². The van der Waals surface area contributed by atoms with E-state index in [4.69, 9.17) is 8.83 Å². The van der Waals surface area contributed by atoms with Gasteiger partial charge >= 0.3 is 6.85 Å². The minimum atomic E-state index is -0.0791. The summed E-state index contributed by atoms with van der Waals surface area (Å²) < 4.78 is 21.4. The molecule has 0 unspecified atom stereocenters. The smallest absolute Gasteiger partial charge is 0.336 e. The molecule has 0 atom stereocenters. The maximum atomic E-state index is 6.90. The van der Waals surface area contributed by atoms with Crippen molar-refractivity contribution in [2.75, 3.05) is 0 Å². The molecule has 2 aliphatic heterocycles. The number of aromatic nitrogens is 2. The zero-order valence-corrected chi connectivity index (χ0v) is 25.0. The third-order valence-corrected chi connectivity index (χ3v) is 11.9. The van der Waals surface area contributed by atoms with E-state index in [-0.39, 0.29) is 6.85 Å². The minimum Gasteiger partial charge on any atom is -0.454 e. The van der Waals surface area contributed by atoms with Gasteiger partial charge in [-0.15, -0.1) is 11.3 Å². The number of para-hydroxylation sites is 4. The van der Waals surface area contributed by atoms with Gasteiger partial charge in [-0.05, 0) is 40.8 Å². The van der Waals surface area contributed by atoms with Crippen LogP contribution in [0.1, 0.15) is 0 Å². The largest absolute Gasteiger partial charge is 0.454 e. The molecule has 5 aromatic heterocycles. The van der Waals surface area contributed by atoms with Crippen molar-refractivity contribution in [2.45, 2.75) is 0 Å². The van der Waals surface area contributed by atoms with Gasteiger partial charge in [0.05, 0.1) is 26.8 Å². The summed E-state index contributed by atoms with van der Waals surface area (Å²) in [5, 5.41) is 8.46. The Bertz CT molecular complexity index is 3220. The van der Waals surface area contributed by atoms with Crippen LogP contribution in [0.25, 0.3) is 103 Å². The first kappa shape index (κ1) is 22.7. The van der Waals surface area contributed by atoms with Crippen LogP contribution in [0.3, 0.4) is 0 Å². The van der Waals surface area contributed by atoms with Gasteiger partial charge in [0.1, 0.15) is 11.2 Å². The second-order valence-electron chi connectivity index (χ2n) is 12.8. The van der Waals surface area contributed by atoms with Crippen molar-refractivity contribution >= 4 is 115 Å². The lowest BCUT2D eigenvalue weighted by molar-refractivity contribution is 0.650. The summed E-state index contributed by atoms with van der Waals surface area (Å²) in [5.41, 5.74) is 13.7. The Balaban J connectivity index is 1.35. The van der Waals surface area contributed by atoms with Gasteiger partial charge in [-0.25, -0.2) is 0 Å². The fraction of sp³-hybridized carbons (Fsp3) is 0. The fourth-order valence-electron chi connectivity index (χ4n) is 9.02. The van der Waals surface area contributed by atoms with E-state index in [0.29, 0.717) is 0 Å². The third kappa shape index (κ3) is 2.33. The highest BCUT2D eigenvalue weighted by Gasteiger charge is 2.44. The van der Waals surface area contributed by atoms with E-state index >= 15 is 0 Å². The lowest BCUT2D eigenvalue weighted by atomic mass is 9.45. The Morgan fingerprint density at radius 1 is 0.565 bits per heavy atom. The molecule has 0 aliphatic carbocycles. The number of thiophene rings is 1. The second-order valence-corrected chi connectivity index (χ2v) is 13.8. The predicted molar refractivity (Wildman–Crippen MR) is 192 cm³/mol. The highest BCUT2D eigenvalue weighted by atomic mass is 32.1. The fourth-order valence-corrected chi connectivity index (χ4v) is 10.2. The Morgan fingerprint density at radius 3 is 2.22 bits per heavy atom. The molecule has 0 saturated heterocycles. The summed E-state index contributed by atoms with van der Waals surface area (Å²) in [6.45, 7) is -0.0791. The molecule has 2 aliphatic rings. The first-order valence-corrected chi connectivity index (χ1v) is 16.5. The molecule has 0 N–H and O–H groups in total. The number of hydrogen-bond donors (Lipinski definition) is 0. The molecule has 7 heterocycles. The zero-order chi connectivity index (χ0) is 29.4. The summed E-state index contributed by atoms with van der Waals surface area (Å²) in [6, 6.07) is 41.8. The van der Waals surface area contributed by atoms with E-state index < -0.39 is 0 Å². The van der Waals surface area contributed by atoms with E-state index in [9.17, 15) is 0 Å². The van der Waals surface area contributed by atoms with Crippen molar-refractivity contribution in [1.82, 2.24) is 9.05 Å². The Kier molecular flexibility index (Phi) is 3.65. The topological polar surface area (TPSA) is 36.1 Å². The van der Waals surface area contributed by atoms with Crippen LogP contribution in [0, 0.1) is 0 Å². The summed E-state index contributed by atoms with van der Waals surface area (Å²) in [6.07, 6.45) is 0. The van der Waals surface area contributed by atoms with Gasteiger partial charge in [0.2, 0.25) is 0 Å². The molecule has 0 fully saturated rings. The number of rotatable bonds is 0. The monoisotopic (exact) mass is 602 g/mol. The van der Waals surface area contributed by atoms with E-state index in [0.717, 1.165) is 44.3 Å². The van der Waals surface area contributed by atoms with Crippen molar-refractivity contribution in [3.8, 4) is 16.8 Å². The maximum Gasteiger partial charge on any atom is 0.336 e. The molecule has 0 radical (unpaired) electrons. The van der Waals surface area contributed by atoms with Gasteiger partial charge in [0.25, 0.3) is 0 Å². The van der Waals surface area contributed by atoms with Crippen molar-refractivity contribution in [1.29, 1.82) is 0 Å². The highest BCUT2D eigenvalue weighted by Crippen LogP contribution is 2.49. The van der Waals surface area contributed by atoms with Crippen LogP contribution < -0.4 is 10.9 Å². The Morgan fingerprint density at radius 2 is 1.30 bits per heavy atom. The van der Waals surface area contributed by atoms with Crippen LogP contribution in [0.15, 0.2) is 124 Å². The number of furan rings is 2. The molecule has 0 amide bonds. The van der Waals surface area contributed by atoms with Crippen molar-refractivity contribution in [3.63, 3.8) is 0 Å². The average molecular weight is 602 g/mol. The molecule has 0 spiro atoms. The summed E-state index contributed by atoms with van der Waals surface area (Å²) in [7, 11) is 0. The van der Waals surface area contributed by atoms with Crippen LogP contribution in [-0.2, 0) is 0 Å². The summed E-state index contributed by atoms with van der Waals surface area (Å²) in [5.74, 6) is 0. The number of benzene rings is 6. The first-order valence-electron chi connectivity index (χ1n) is 15.7. The van der Waals surface area contributed by atoms with Crippen molar-refractivity contribution in [2.24, 2.45) is 0 Å². The molecular weight excluding hydrogens is 583 g/mol. The number of hydrogen-bond acceptors (Lipinski definition) is 3. The van der Waals surface area contributed by atoms with Crippen molar-refractivity contribution < 1.29 is 8.83 Å². The lowest BCUT2D eigenvalue weighted by Gasteiger charge is -2.33. The third-order valence-electron chi connectivity index (χ3n) is 10.7. The minimum absolute atomic E-state index is 0.0791. The molecule has 46 heavy (non-hydrogen) atoms. The van der Waals surface area contributed by atoms with E-state index in [1.165, 1.54) is 69.5 Å². The Hall–Kier alpha value is -5.72. The molecule has 13 rings (SSSR count). The molecule has 0 bridgehead atoms. The summed E-state index contributed by atoms with van der Waals surface area (Å²) >= 11 is 1.89. The van der Waals surface area contributed by atoms with E-state index in [2.05, 4.69) is 124 Å².